The minimum absolute atomic E-state index is 0.00313. The lowest BCUT2D eigenvalue weighted by molar-refractivity contribution is -0.385. The van der Waals surface area contributed by atoms with E-state index >= 15 is 0 Å². The van der Waals surface area contributed by atoms with Crippen molar-refractivity contribution in [3.05, 3.63) is 34.1 Å². The number of non-ortho nitro benzene ring substituents is 1. The Morgan fingerprint density at radius 3 is 2.94 bits per heavy atom. The zero-order chi connectivity index (χ0) is 13.1. The third-order valence-corrected chi connectivity index (χ3v) is 2.77. The summed E-state index contributed by atoms with van der Waals surface area (Å²) in [7, 11) is 0. The van der Waals surface area contributed by atoms with Crippen LogP contribution in [0.3, 0.4) is 0 Å². The maximum atomic E-state index is 13.2. The van der Waals surface area contributed by atoms with Gasteiger partial charge in [-0.3, -0.25) is 10.1 Å². The standard InChI is InChI=1S/C11H13FN2O4/c12-7-1-9(14(16)17)4-10(2-7)18-11-3-8(6-15)13-5-11/h1-2,4,8,11,13,15H,3,5-6H2/t8?,11-/m0/s1. The lowest BCUT2D eigenvalue weighted by Crippen LogP contribution is -2.25. The fraction of sp³-hybridized carbons (Fsp3) is 0.455. The largest absolute Gasteiger partial charge is 0.489 e. The molecule has 1 unspecified atom stereocenters. The van der Waals surface area contributed by atoms with Gasteiger partial charge in [-0.25, -0.2) is 4.39 Å². The van der Waals surface area contributed by atoms with E-state index < -0.39 is 10.7 Å². The van der Waals surface area contributed by atoms with Crippen molar-refractivity contribution in [2.24, 2.45) is 0 Å². The highest BCUT2D eigenvalue weighted by Crippen LogP contribution is 2.24. The van der Waals surface area contributed by atoms with Gasteiger partial charge in [0.2, 0.25) is 0 Å². The third kappa shape index (κ3) is 2.93. The molecule has 0 spiro atoms. The highest BCUT2D eigenvalue weighted by molar-refractivity contribution is 5.39. The highest BCUT2D eigenvalue weighted by Gasteiger charge is 2.25. The van der Waals surface area contributed by atoms with Gasteiger partial charge in [0.15, 0.2) is 0 Å². The number of ether oxygens (including phenoxy) is 1. The van der Waals surface area contributed by atoms with Crippen molar-refractivity contribution in [1.29, 1.82) is 0 Å². The van der Waals surface area contributed by atoms with E-state index in [9.17, 15) is 14.5 Å². The number of rotatable bonds is 4. The molecule has 6 nitrogen and oxygen atoms in total. The van der Waals surface area contributed by atoms with Crippen LogP contribution in [0.1, 0.15) is 6.42 Å². The molecule has 0 radical (unpaired) electrons. The van der Waals surface area contributed by atoms with Crippen molar-refractivity contribution >= 4 is 5.69 Å². The van der Waals surface area contributed by atoms with Crippen molar-refractivity contribution in [2.45, 2.75) is 18.6 Å². The summed E-state index contributed by atoms with van der Waals surface area (Å²) in [5, 5.41) is 22.5. The Bertz CT molecular complexity index is 455. The quantitative estimate of drug-likeness (QED) is 0.616. The summed E-state index contributed by atoms with van der Waals surface area (Å²) in [6, 6.07) is 3.10. The Balaban J connectivity index is 2.07. The summed E-state index contributed by atoms with van der Waals surface area (Å²) in [5.74, 6) is -0.573. The Labute approximate surface area is 103 Å². The molecule has 0 amide bonds. The Morgan fingerprint density at radius 1 is 1.56 bits per heavy atom. The first kappa shape index (κ1) is 12.7. The maximum absolute atomic E-state index is 13.2. The molecule has 1 fully saturated rings. The average Bonchev–Trinajstić information content (AvgIpc) is 2.76. The molecule has 0 bridgehead atoms. The van der Waals surface area contributed by atoms with Crippen LogP contribution in [0.5, 0.6) is 5.75 Å². The molecule has 1 aromatic rings. The predicted octanol–water partition coefficient (Wildman–Crippen LogP) is 0.835. The molecular formula is C11H13FN2O4. The van der Waals surface area contributed by atoms with E-state index in [1.807, 2.05) is 0 Å². The monoisotopic (exact) mass is 256 g/mol. The summed E-state index contributed by atoms with van der Waals surface area (Å²) in [4.78, 5) is 9.91. The Kier molecular flexibility index (Phi) is 3.73. The van der Waals surface area contributed by atoms with Gasteiger partial charge in [0, 0.05) is 25.1 Å². The van der Waals surface area contributed by atoms with E-state index in [1.54, 1.807) is 0 Å². The number of halogens is 1. The molecule has 0 aromatic heterocycles. The SMILES string of the molecule is O=[N+]([O-])c1cc(F)cc(O[C@@H]2CNC(CO)C2)c1. The lowest BCUT2D eigenvalue weighted by Gasteiger charge is -2.12. The van der Waals surface area contributed by atoms with Crippen LogP contribution in [0.25, 0.3) is 0 Å². The van der Waals surface area contributed by atoms with E-state index in [4.69, 9.17) is 9.84 Å². The zero-order valence-electron chi connectivity index (χ0n) is 9.51. The summed E-state index contributed by atoms with van der Waals surface area (Å²) in [5.41, 5.74) is -0.338. The molecular weight excluding hydrogens is 243 g/mol. The minimum atomic E-state index is -0.705. The first-order valence-electron chi connectivity index (χ1n) is 5.54. The number of nitrogens with zero attached hydrogens (tertiary/aromatic N) is 1. The number of hydrogen-bond donors (Lipinski definition) is 2. The number of aliphatic hydroxyl groups excluding tert-OH is 1. The van der Waals surface area contributed by atoms with Crippen molar-refractivity contribution < 1.29 is 19.2 Å². The first-order chi connectivity index (χ1) is 8.58. The number of nitro groups is 1. The van der Waals surface area contributed by atoms with Crippen molar-refractivity contribution in [1.82, 2.24) is 5.32 Å². The fourth-order valence-electron chi connectivity index (χ4n) is 1.92. The summed E-state index contributed by atoms with van der Waals surface area (Å²) in [6.07, 6.45) is 0.365. The second-order valence-corrected chi connectivity index (χ2v) is 4.17. The topological polar surface area (TPSA) is 84.6 Å². The number of benzene rings is 1. The first-order valence-corrected chi connectivity index (χ1v) is 5.54. The number of nitrogens with one attached hydrogen (secondary N) is 1. The molecule has 1 aliphatic rings. The molecule has 18 heavy (non-hydrogen) atoms. The molecule has 98 valence electrons. The lowest BCUT2D eigenvalue weighted by atomic mass is 10.2. The molecule has 0 aliphatic carbocycles. The van der Waals surface area contributed by atoms with Gasteiger partial charge in [0.05, 0.1) is 23.7 Å². The molecule has 1 aliphatic heterocycles. The fourth-order valence-corrected chi connectivity index (χ4v) is 1.92. The van der Waals surface area contributed by atoms with Crippen molar-refractivity contribution in [3.63, 3.8) is 0 Å². The van der Waals surface area contributed by atoms with Gasteiger partial charge in [-0.1, -0.05) is 0 Å². The van der Waals surface area contributed by atoms with Crippen LogP contribution in [0.4, 0.5) is 10.1 Å². The predicted molar refractivity (Wildman–Crippen MR) is 61.0 cm³/mol. The molecule has 1 aromatic carbocycles. The molecule has 0 saturated carbocycles. The van der Waals surface area contributed by atoms with E-state index in [0.717, 1.165) is 12.1 Å². The van der Waals surface area contributed by atoms with Crippen molar-refractivity contribution in [2.75, 3.05) is 13.2 Å². The number of nitro benzene ring substituents is 1. The zero-order valence-corrected chi connectivity index (χ0v) is 9.51. The normalized spacial score (nSPS) is 23.0. The summed E-state index contributed by atoms with van der Waals surface area (Å²) < 4.78 is 18.6. The second-order valence-electron chi connectivity index (χ2n) is 4.17. The number of hydrogen-bond acceptors (Lipinski definition) is 5. The van der Waals surface area contributed by atoms with Crippen LogP contribution >= 0.6 is 0 Å². The van der Waals surface area contributed by atoms with E-state index in [2.05, 4.69) is 5.32 Å². The van der Waals surface area contributed by atoms with Crippen LogP contribution in [0.15, 0.2) is 18.2 Å². The minimum Gasteiger partial charge on any atom is -0.489 e. The van der Waals surface area contributed by atoms with Crippen LogP contribution < -0.4 is 10.1 Å². The Hall–Kier alpha value is -1.73. The molecule has 2 atom stereocenters. The maximum Gasteiger partial charge on any atom is 0.276 e. The molecule has 1 saturated heterocycles. The smallest absolute Gasteiger partial charge is 0.276 e. The van der Waals surface area contributed by atoms with Gasteiger partial charge in [-0.05, 0) is 0 Å². The highest BCUT2D eigenvalue weighted by atomic mass is 19.1. The van der Waals surface area contributed by atoms with Gasteiger partial charge in [0.1, 0.15) is 17.7 Å². The summed E-state index contributed by atoms with van der Waals surface area (Å²) >= 11 is 0. The van der Waals surface area contributed by atoms with Gasteiger partial charge in [-0.15, -0.1) is 0 Å². The van der Waals surface area contributed by atoms with Crippen LogP contribution in [0, 0.1) is 15.9 Å². The Morgan fingerprint density at radius 2 is 2.33 bits per heavy atom. The molecule has 7 heteroatoms. The van der Waals surface area contributed by atoms with Gasteiger partial charge < -0.3 is 15.2 Å². The second kappa shape index (κ2) is 5.28. The van der Waals surface area contributed by atoms with Crippen LogP contribution in [-0.4, -0.2) is 35.3 Å². The number of aliphatic hydroxyl groups is 1. The van der Waals surface area contributed by atoms with E-state index in [1.165, 1.54) is 6.07 Å². The molecule has 1 heterocycles. The molecule has 2 rings (SSSR count). The van der Waals surface area contributed by atoms with E-state index in [-0.39, 0.29) is 30.2 Å². The average molecular weight is 256 g/mol. The van der Waals surface area contributed by atoms with Gasteiger partial charge >= 0.3 is 0 Å². The molecule has 2 N–H and O–H groups in total. The third-order valence-electron chi connectivity index (χ3n) is 2.77. The van der Waals surface area contributed by atoms with Crippen LogP contribution in [0.2, 0.25) is 0 Å². The van der Waals surface area contributed by atoms with Crippen molar-refractivity contribution in [3.8, 4) is 5.75 Å². The van der Waals surface area contributed by atoms with Crippen LogP contribution in [-0.2, 0) is 0 Å². The van der Waals surface area contributed by atoms with Gasteiger partial charge in [0.25, 0.3) is 5.69 Å². The van der Waals surface area contributed by atoms with Gasteiger partial charge in [-0.2, -0.15) is 0 Å². The van der Waals surface area contributed by atoms with E-state index in [0.29, 0.717) is 13.0 Å². The summed E-state index contributed by atoms with van der Waals surface area (Å²) in [6.45, 7) is 0.526.